The maximum absolute atomic E-state index is 13.1. The minimum Gasteiger partial charge on any atom is -0.375 e. The van der Waals surface area contributed by atoms with Crippen molar-refractivity contribution in [3.63, 3.8) is 0 Å². The van der Waals surface area contributed by atoms with Crippen molar-refractivity contribution in [3.05, 3.63) is 71.9 Å². The van der Waals surface area contributed by atoms with Crippen LogP contribution in [-0.2, 0) is 16.1 Å². The van der Waals surface area contributed by atoms with Crippen LogP contribution in [0.3, 0.4) is 0 Å². The topological polar surface area (TPSA) is 74.4 Å². The van der Waals surface area contributed by atoms with E-state index in [0.29, 0.717) is 38.6 Å². The molecule has 3 heterocycles. The van der Waals surface area contributed by atoms with Gasteiger partial charge in [0.05, 0.1) is 5.60 Å². The first-order valence-electron chi connectivity index (χ1n) is 11.9. The highest BCUT2D eigenvalue weighted by Crippen LogP contribution is 2.39. The zero-order chi connectivity index (χ0) is 22.7. The number of aromatic amines is 1. The zero-order valence-electron chi connectivity index (χ0n) is 18.9. The van der Waals surface area contributed by atoms with Gasteiger partial charge in [-0.2, -0.15) is 0 Å². The van der Waals surface area contributed by atoms with E-state index in [4.69, 9.17) is 4.74 Å². The second-order valence-electron chi connectivity index (χ2n) is 9.43. The average Bonchev–Trinajstić information content (AvgIpc) is 3.32. The summed E-state index contributed by atoms with van der Waals surface area (Å²) >= 11 is 0. The summed E-state index contributed by atoms with van der Waals surface area (Å²) in [6, 6.07) is 17.8. The maximum Gasteiger partial charge on any atom is 0.253 e. The standard InChI is InChI=1S/C27H31N3O3/c31-25(29-19-20-4-2-1-3-5-20)16-21-9-15-33-27(18-21)10-13-30(14-11-27)26(32)23-7-6-22-8-12-28-24(22)17-23/h1-8,12,17,21,28H,9-11,13-16,18-19H2,(H,29,31). The fourth-order valence-corrected chi connectivity index (χ4v) is 5.26. The van der Waals surface area contributed by atoms with Gasteiger partial charge in [0.25, 0.3) is 5.91 Å². The van der Waals surface area contributed by atoms with Crippen LogP contribution in [0.25, 0.3) is 10.9 Å². The molecular formula is C27H31N3O3. The molecule has 1 unspecified atom stereocenters. The number of H-pyrrole nitrogens is 1. The van der Waals surface area contributed by atoms with Gasteiger partial charge in [-0.1, -0.05) is 36.4 Å². The van der Waals surface area contributed by atoms with Crippen LogP contribution in [0, 0.1) is 5.92 Å². The largest absolute Gasteiger partial charge is 0.375 e. The Morgan fingerprint density at radius 3 is 2.73 bits per heavy atom. The van der Waals surface area contributed by atoms with Gasteiger partial charge < -0.3 is 19.9 Å². The Kier molecular flexibility index (Phi) is 6.18. The highest BCUT2D eigenvalue weighted by Gasteiger charge is 2.41. The van der Waals surface area contributed by atoms with Crippen molar-refractivity contribution >= 4 is 22.7 Å². The Bertz CT molecular complexity index is 1120. The molecule has 1 aromatic heterocycles. The summed E-state index contributed by atoms with van der Waals surface area (Å²) in [6.07, 6.45) is 5.89. The number of rotatable bonds is 5. The molecule has 0 saturated carbocycles. The molecular weight excluding hydrogens is 414 g/mol. The third-order valence-electron chi connectivity index (χ3n) is 7.17. The summed E-state index contributed by atoms with van der Waals surface area (Å²) in [5.41, 5.74) is 2.61. The first kappa shape index (κ1) is 21.7. The van der Waals surface area contributed by atoms with Crippen molar-refractivity contribution in [2.45, 2.75) is 44.2 Å². The van der Waals surface area contributed by atoms with Crippen LogP contribution >= 0.6 is 0 Å². The van der Waals surface area contributed by atoms with E-state index in [2.05, 4.69) is 10.3 Å². The van der Waals surface area contributed by atoms with E-state index in [1.54, 1.807) is 0 Å². The molecule has 3 aromatic rings. The summed E-state index contributed by atoms with van der Waals surface area (Å²) in [7, 11) is 0. The number of amides is 2. The minimum absolute atomic E-state index is 0.0778. The summed E-state index contributed by atoms with van der Waals surface area (Å²) in [4.78, 5) is 30.7. The summed E-state index contributed by atoms with van der Waals surface area (Å²) in [5.74, 6) is 0.509. The lowest BCUT2D eigenvalue weighted by Gasteiger charge is -2.46. The highest BCUT2D eigenvalue weighted by atomic mass is 16.5. The van der Waals surface area contributed by atoms with Gasteiger partial charge in [0.2, 0.25) is 5.91 Å². The van der Waals surface area contributed by atoms with E-state index < -0.39 is 0 Å². The van der Waals surface area contributed by atoms with Crippen molar-refractivity contribution < 1.29 is 14.3 Å². The number of carbonyl (C=O) groups is 2. The normalized spacial score (nSPS) is 20.1. The predicted molar refractivity (Wildman–Crippen MR) is 128 cm³/mol. The monoisotopic (exact) mass is 445 g/mol. The van der Waals surface area contributed by atoms with Crippen LogP contribution in [0.5, 0.6) is 0 Å². The van der Waals surface area contributed by atoms with Gasteiger partial charge in [0.15, 0.2) is 0 Å². The van der Waals surface area contributed by atoms with Crippen LogP contribution in [-0.4, -0.2) is 47.0 Å². The quantitative estimate of drug-likeness (QED) is 0.616. The Balaban J connectivity index is 1.13. The summed E-state index contributed by atoms with van der Waals surface area (Å²) < 4.78 is 6.25. The number of fused-ring (bicyclic) bond motifs is 1. The number of nitrogens with zero attached hydrogens (tertiary/aromatic N) is 1. The Morgan fingerprint density at radius 1 is 1.09 bits per heavy atom. The molecule has 172 valence electrons. The molecule has 5 rings (SSSR count). The number of aromatic nitrogens is 1. The maximum atomic E-state index is 13.1. The third kappa shape index (κ3) is 4.96. The molecule has 2 aliphatic heterocycles. The van der Waals surface area contributed by atoms with Crippen molar-refractivity contribution in [1.29, 1.82) is 0 Å². The molecule has 0 radical (unpaired) electrons. The van der Waals surface area contributed by atoms with Gasteiger partial charge in [0.1, 0.15) is 0 Å². The summed E-state index contributed by atoms with van der Waals surface area (Å²) in [5, 5.41) is 4.16. The van der Waals surface area contributed by atoms with E-state index in [9.17, 15) is 9.59 Å². The molecule has 6 nitrogen and oxygen atoms in total. The number of likely N-dealkylation sites (tertiary alicyclic amines) is 1. The van der Waals surface area contributed by atoms with Gasteiger partial charge in [-0.05, 0) is 60.7 Å². The number of ether oxygens (including phenoxy) is 1. The smallest absolute Gasteiger partial charge is 0.253 e. The van der Waals surface area contributed by atoms with Gasteiger partial charge in [-0.15, -0.1) is 0 Å². The number of hydrogen-bond donors (Lipinski definition) is 2. The second kappa shape index (κ2) is 9.40. The average molecular weight is 446 g/mol. The second-order valence-corrected chi connectivity index (χ2v) is 9.43. The SMILES string of the molecule is O=C(CC1CCOC2(CCN(C(=O)c3ccc4cc[nH]c4c3)CC2)C1)NCc1ccccc1. The number of hydrogen-bond acceptors (Lipinski definition) is 3. The molecule has 33 heavy (non-hydrogen) atoms. The lowest BCUT2D eigenvalue weighted by Crippen LogP contribution is -2.51. The molecule has 0 bridgehead atoms. The first-order valence-corrected chi connectivity index (χ1v) is 11.9. The Morgan fingerprint density at radius 2 is 1.91 bits per heavy atom. The molecule has 2 aromatic carbocycles. The van der Waals surface area contributed by atoms with Crippen LogP contribution < -0.4 is 5.32 Å². The van der Waals surface area contributed by atoms with Gasteiger partial charge in [-0.25, -0.2) is 0 Å². The van der Waals surface area contributed by atoms with E-state index >= 15 is 0 Å². The molecule has 1 spiro atoms. The van der Waals surface area contributed by atoms with Crippen molar-refractivity contribution in [1.82, 2.24) is 15.2 Å². The lowest BCUT2D eigenvalue weighted by molar-refractivity contribution is -0.134. The van der Waals surface area contributed by atoms with Crippen LogP contribution in [0.1, 0.15) is 48.0 Å². The molecule has 2 amide bonds. The number of nitrogens with one attached hydrogen (secondary N) is 2. The van der Waals surface area contributed by atoms with E-state index in [-0.39, 0.29) is 17.4 Å². The fourth-order valence-electron chi connectivity index (χ4n) is 5.26. The van der Waals surface area contributed by atoms with Crippen LogP contribution in [0.2, 0.25) is 0 Å². The molecule has 2 N–H and O–H groups in total. The molecule has 2 aliphatic rings. The molecule has 2 saturated heterocycles. The Labute approximate surface area is 194 Å². The van der Waals surface area contributed by atoms with E-state index in [1.807, 2.05) is 65.7 Å². The molecule has 1 atom stereocenters. The van der Waals surface area contributed by atoms with Crippen LogP contribution in [0.15, 0.2) is 60.8 Å². The van der Waals surface area contributed by atoms with Crippen molar-refractivity contribution in [2.24, 2.45) is 5.92 Å². The minimum atomic E-state index is -0.206. The molecule has 2 fully saturated rings. The zero-order valence-corrected chi connectivity index (χ0v) is 18.9. The summed E-state index contributed by atoms with van der Waals surface area (Å²) in [6.45, 7) is 2.64. The number of benzene rings is 2. The first-order chi connectivity index (χ1) is 16.1. The van der Waals surface area contributed by atoms with Gasteiger partial charge >= 0.3 is 0 Å². The Hall–Kier alpha value is -3.12. The predicted octanol–water partition coefficient (Wildman–Crippen LogP) is 4.28. The van der Waals surface area contributed by atoms with Crippen LogP contribution in [0.4, 0.5) is 0 Å². The van der Waals surface area contributed by atoms with E-state index in [0.717, 1.165) is 47.7 Å². The lowest BCUT2D eigenvalue weighted by atomic mass is 9.78. The third-order valence-corrected chi connectivity index (χ3v) is 7.17. The van der Waals surface area contributed by atoms with Crippen molar-refractivity contribution in [3.8, 4) is 0 Å². The highest BCUT2D eigenvalue weighted by molar-refractivity contribution is 5.98. The van der Waals surface area contributed by atoms with E-state index in [1.165, 1.54) is 0 Å². The number of piperidine rings is 1. The fraction of sp³-hybridized carbons (Fsp3) is 0.407. The molecule has 6 heteroatoms. The van der Waals surface area contributed by atoms with Gasteiger partial charge in [-0.3, -0.25) is 9.59 Å². The molecule has 0 aliphatic carbocycles. The van der Waals surface area contributed by atoms with Crippen molar-refractivity contribution in [2.75, 3.05) is 19.7 Å². The number of carbonyl (C=O) groups excluding carboxylic acids is 2. The van der Waals surface area contributed by atoms with Gasteiger partial charge in [0, 0.05) is 49.9 Å².